The minimum atomic E-state index is -0.407. The van der Waals surface area contributed by atoms with E-state index in [4.69, 9.17) is 0 Å². The molecule has 0 spiro atoms. The van der Waals surface area contributed by atoms with E-state index in [2.05, 4.69) is 14.6 Å². The number of halogens is 1. The number of rotatable bonds is 6. The molecule has 0 bridgehead atoms. The first-order valence-corrected chi connectivity index (χ1v) is 12.7. The average molecular weight is 503 g/mol. The van der Waals surface area contributed by atoms with Crippen LogP contribution in [0.25, 0.3) is 10.9 Å². The fourth-order valence-electron chi connectivity index (χ4n) is 4.40. The van der Waals surface area contributed by atoms with Crippen LogP contribution in [0, 0.1) is 5.82 Å². The van der Waals surface area contributed by atoms with E-state index in [0.717, 1.165) is 34.5 Å². The molecule has 3 aromatic carbocycles. The standard InChI is InChI=1S/C28H27FN4O2S/c29-24-7-2-8-25(34)23(24)19-32-15-4-16-33(18-17-32)28(35)21-10-12-22(13-11-21)31-36-26-9-1-5-20-6-3-14-30-27(20)26/h1-3,5-14,31,34H,4,15-19H2. The largest absolute Gasteiger partial charge is 0.508 e. The van der Waals surface area contributed by atoms with Gasteiger partial charge in [0.25, 0.3) is 5.91 Å². The van der Waals surface area contributed by atoms with Gasteiger partial charge in [-0.1, -0.05) is 24.3 Å². The number of para-hydroxylation sites is 1. The van der Waals surface area contributed by atoms with Gasteiger partial charge in [0.05, 0.1) is 10.4 Å². The fraction of sp³-hybridized carbons (Fsp3) is 0.214. The first kappa shape index (κ1) is 24.1. The lowest BCUT2D eigenvalue weighted by Crippen LogP contribution is -2.35. The molecule has 0 saturated carbocycles. The molecule has 1 amide bonds. The molecule has 1 fully saturated rings. The minimum Gasteiger partial charge on any atom is -0.508 e. The van der Waals surface area contributed by atoms with E-state index in [1.54, 1.807) is 6.20 Å². The number of phenols is 1. The highest BCUT2D eigenvalue weighted by Crippen LogP contribution is 2.28. The number of aromatic hydroxyl groups is 1. The Kier molecular flexibility index (Phi) is 7.34. The SMILES string of the molecule is O=C(c1ccc(NSc2cccc3cccnc23)cc1)N1CCCN(Cc2c(O)cccc2F)CC1. The van der Waals surface area contributed by atoms with Crippen LogP contribution in [0.4, 0.5) is 10.1 Å². The summed E-state index contributed by atoms with van der Waals surface area (Å²) >= 11 is 1.49. The molecule has 0 atom stereocenters. The van der Waals surface area contributed by atoms with Crippen LogP contribution in [-0.2, 0) is 6.54 Å². The van der Waals surface area contributed by atoms with Crippen molar-refractivity contribution in [2.75, 3.05) is 30.9 Å². The summed E-state index contributed by atoms with van der Waals surface area (Å²) in [6.45, 7) is 2.88. The highest BCUT2D eigenvalue weighted by atomic mass is 32.2. The highest BCUT2D eigenvalue weighted by Gasteiger charge is 2.22. The molecule has 1 aromatic heterocycles. The van der Waals surface area contributed by atoms with E-state index in [-0.39, 0.29) is 11.7 Å². The lowest BCUT2D eigenvalue weighted by Gasteiger charge is -2.22. The number of hydrogen-bond donors (Lipinski definition) is 2. The number of nitrogens with zero attached hydrogens (tertiary/aromatic N) is 3. The molecule has 1 saturated heterocycles. The van der Waals surface area contributed by atoms with Gasteiger partial charge >= 0.3 is 0 Å². The Labute approximate surface area is 213 Å². The normalized spacial score (nSPS) is 14.5. The lowest BCUT2D eigenvalue weighted by molar-refractivity contribution is 0.0761. The van der Waals surface area contributed by atoms with Crippen LogP contribution in [0.1, 0.15) is 22.3 Å². The molecule has 2 heterocycles. The maximum absolute atomic E-state index is 14.1. The Morgan fingerprint density at radius 1 is 0.972 bits per heavy atom. The van der Waals surface area contributed by atoms with Crippen LogP contribution in [0.15, 0.2) is 83.9 Å². The van der Waals surface area contributed by atoms with Crippen molar-refractivity contribution >= 4 is 34.4 Å². The molecule has 1 aliphatic rings. The van der Waals surface area contributed by atoms with Crippen molar-refractivity contribution in [2.24, 2.45) is 0 Å². The highest BCUT2D eigenvalue weighted by molar-refractivity contribution is 8.00. The molecular formula is C28H27FN4O2S. The molecule has 36 heavy (non-hydrogen) atoms. The third kappa shape index (κ3) is 5.45. The smallest absolute Gasteiger partial charge is 0.253 e. The molecular weight excluding hydrogens is 475 g/mol. The Bertz CT molecular complexity index is 1340. The topological polar surface area (TPSA) is 68.7 Å². The number of phenolic OH excluding ortho intramolecular Hbond substituents is 1. The number of anilines is 1. The van der Waals surface area contributed by atoms with Crippen LogP contribution in [0.5, 0.6) is 5.75 Å². The number of carbonyl (C=O) groups excluding carboxylic acids is 1. The van der Waals surface area contributed by atoms with Crippen molar-refractivity contribution < 1.29 is 14.3 Å². The summed E-state index contributed by atoms with van der Waals surface area (Å²) in [6.07, 6.45) is 2.58. The fourth-order valence-corrected chi connectivity index (χ4v) is 5.17. The van der Waals surface area contributed by atoms with Gasteiger partial charge in [-0.25, -0.2) is 4.39 Å². The first-order chi connectivity index (χ1) is 17.6. The summed E-state index contributed by atoms with van der Waals surface area (Å²) in [6, 6.07) is 21.9. The quantitative estimate of drug-likeness (QED) is 0.337. The van der Waals surface area contributed by atoms with Crippen LogP contribution >= 0.6 is 11.9 Å². The molecule has 1 aliphatic heterocycles. The molecule has 0 aliphatic carbocycles. The molecule has 4 aromatic rings. The van der Waals surface area contributed by atoms with Gasteiger partial charge in [0.15, 0.2) is 0 Å². The zero-order valence-electron chi connectivity index (χ0n) is 19.7. The Morgan fingerprint density at radius 3 is 2.61 bits per heavy atom. The van der Waals surface area contributed by atoms with Gasteiger partial charge in [-0.3, -0.25) is 14.7 Å². The number of fused-ring (bicyclic) bond motifs is 1. The van der Waals surface area contributed by atoms with Crippen LogP contribution in [-0.4, -0.2) is 52.0 Å². The van der Waals surface area contributed by atoms with E-state index in [1.165, 1.54) is 30.1 Å². The second-order valence-electron chi connectivity index (χ2n) is 8.77. The summed E-state index contributed by atoms with van der Waals surface area (Å²) in [5.74, 6) is -0.449. The lowest BCUT2D eigenvalue weighted by atomic mass is 10.1. The van der Waals surface area contributed by atoms with Crippen LogP contribution in [0.3, 0.4) is 0 Å². The van der Waals surface area contributed by atoms with Gasteiger partial charge in [0.2, 0.25) is 0 Å². The first-order valence-electron chi connectivity index (χ1n) is 11.9. The Morgan fingerprint density at radius 2 is 1.78 bits per heavy atom. The van der Waals surface area contributed by atoms with Gasteiger partial charge in [-0.05, 0) is 66.9 Å². The number of carbonyl (C=O) groups is 1. The van der Waals surface area contributed by atoms with Crippen molar-refractivity contribution in [1.82, 2.24) is 14.8 Å². The van der Waals surface area contributed by atoms with Crippen molar-refractivity contribution in [3.05, 3.63) is 95.9 Å². The number of pyridine rings is 1. The van der Waals surface area contributed by atoms with Gasteiger partial charge in [-0.2, -0.15) is 0 Å². The zero-order chi connectivity index (χ0) is 24.9. The summed E-state index contributed by atoms with van der Waals surface area (Å²) in [5, 5.41) is 11.1. The van der Waals surface area contributed by atoms with E-state index in [0.29, 0.717) is 37.3 Å². The monoisotopic (exact) mass is 502 g/mol. The molecule has 184 valence electrons. The molecule has 6 nitrogen and oxygen atoms in total. The van der Waals surface area contributed by atoms with Gasteiger partial charge in [-0.15, -0.1) is 0 Å². The maximum atomic E-state index is 14.1. The Balaban J connectivity index is 1.18. The van der Waals surface area contributed by atoms with Gasteiger partial charge in [0, 0.05) is 61.1 Å². The molecule has 2 N–H and O–H groups in total. The molecule has 0 unspecified atom stereocenters. The van der Waals surface area contributed by atoms with Gasteiger partial charge < -0.3 is 14.7 Å². The second kappa shape index (κ2) is 11.0. The summed E-state index contributed by atoms with van der Waals surface area (Å²) < 4.78 is 17.5. The zero-order valence-corrected chi connectivity index (χ0v) is 20.5. The predicted octanol–water partition coefficient (Wildman–Crippen LogP) is 5.55. The van der Waals surface area contributed by atoms with Crippen molar-refractivity contribution in [1.29, 1.82) is 0 Å². The summed E-state index contributed by atoms with van der Waals surface area (Å²) in [5.41, 5.74) is 2.79. The second-order valence-corrected chi connectivity index (χ2v) is 9.62. The third-order valence-electron chi connectivity index (χ3n) is 6.36. The minimum absolute atomic E-state index is 0.0111. The van der Waals surface area contributed by atoms with E-state index < -0.39 is 5.82 Å². The van der Waals surface area contributed by atoms with E-state index in [9.17, 15) is 14.3 Å². The number of nitrogens with one attached hydrogen (secondary N) is 1. The third-order valence-corrected chi connectivity index (χ3v) is 7.25. The van der Waals surface area contributed by atoms with E-state index in [1.807, 2.05) is 59.5 Å². The maximum Gasteiger partial charge on any atom is 0.253 e. The number of benzene rings is 3. The Hall–Kier alpha value is -3.62. The molecule has 0 radical (unpaired) electrons. The van der Waals surface area contributed by atoms with Crippen molar-refractivity contribution in [2.45, 2.75) is 17.9 Å². The number of aromatic nitrogens is 1. The average Bonchev–Trinajstić information content (AvgIpc) is 3.15. The molecule has 5 rings (SSSR count). The van der Waals surface area contributed by atoms with Crippen LogP contribution in [0.2, 0.25) is 0 Å². The van der Waals surface area contributed by atoms with Crippen molar-refractivity contribution in [3.63, 3.8) is 0 Å². The summed E-state index contributed by atoms with van der Waals surface area (Å²) in [7, 11) is 0. The molecule has 8 heteroatoms. The van der Waals surface area contributed by atoms with E-state index >= 15 is 0 Å². The van der Waals surface area contributed by atoms with Crippen molar-refractivity contribution in [3.8, 4) is 5.75 Å². The number of amides is 1. The number of hydrogen-bond acceptors (Lipinski definition) is 6. The van der Waals surface area contributed by atoms with Crippen LogP contribution < -0.4 is 4.72 Å². The predicted molar refractivity (Wildman–Crippen MR) is 142 cm³/mol. The van der Waals surface area contributed by atoms with Gasteiger partial charge in [0.1, 0.15) is 11.6 Å². The summed E-state index contributed by atoms with van der Waals surface area (Å²) in [4.78, 5) is 22.6.